The number of amides is 3. The maximum atomic E-state index is 14.0. The van der Waals surface area contributed by atoms with Crippen LogP contribution in [0.15, 0.2) is 96.2 Å². The van der Waals surface area contributed by atoms with Gasteiger partial charge in [-0.2, -0.15) is 5.10 Å². The smallest absolute Gasteiger partial charge is 0.266 e. The number of nitrogens with one attached hydrogen (secondary N) is 3. The van der Waals surface area contributed by atoms with E-state index in [9.17, 15) is 14.4 Å². The Labute approximate surface area is 208 Å². The Morgan fingerprint density at radius 1 is 0.972 bits per heavy atom. The molecule has 1 aromatic heterocycles. The topological polar surface area (TPSA) is 107 Å². The summed E-state index contributed by atoms with van der Waals surface area (Å²) in [6.45, 7) is 1.37. The third kappa shape index (κ3) is 4.61. The molecule has 0 unspecified atom stereocenters. The number of fused-ring (bicyclic) bond motifs is 1. The number of hydrogen-bond acceptors (Lipinski definition) is 4. The molecule has 0 bridgehead atoms. The Morgan fingerprint density at radius 3 is 2.36 bits per heavy atom. The van der Waals surface area contributed by atoms with Crippen LogP contribution in [-0.2, 0) is 20.8 Å². The number of rotatable bonds is 6. The van der Waals surface area contributed by atoms with Crippen molar-refractivity contribution in [1.82, 2.24) is 20.6 Å². The van der Waals surface area contributed by atoms with E-state index in [1.54, 1.807) is 6.20 Å². The lowest BCUT2D eigenvalue weighted by Crippen LogP contribution is -2.55. The summed E-state index contributed by atoms with van der Waals surface area (Å²) in [6.07, 6.45) is 1.98. The van der Waals surface area contributed by atoms with Crippen LogP contribution in [0.25, 0.3) is 10.9 Å². The van der Waals surface area contributed by atoms with Crippen LogP contribution in [0.3, 0.4) is 0 Å². The van der Waals surface area contributed by atoms with Crippen molar-refractivity contribution >= 4 is 34.5 Å². The summed E-state index contributed by atoms with van der Waals surface area (Å²) < 4.78 is 0. The number of aromatic amines is 1. The van der Waals surface area contributed by atoms with E-state index in [-0.39, 0.29) is 24.1 Å². The van der Waals surface area contributed by atoms with Crippen molar-refractivity contribution in [3.63, 3.8) is 0 Å². The average molecular weight is 480 g/mol. The number of H-pyrrole nitrogens is 1. The molecule has 3 N–H and O–H groups in total. The molecule has 3 amide bonds. The highest BCUT2D eigenvalue weighted by Crippen LogP contribution is 2.32. The van der Waals surface area contributed by atoms with Gasteiger partial charge in [0.05, 0.1) is 0 Å². The van der Waals surface area contributed by atoms with Gasteiger partial charge in [0.2, 0.25) is 5.91 Å². The molecule has 180 valence electrons. The van der Waals surface area contributed by atoms with Crippen molar-refractivity contribution in [1.29, 1.82) is 0 Å². The van der Waals surface area contributed by atoms with E-state index in [1.165, 1.54) is 11.9 Å². The second kappa shape index (κ2) is 9.87. The zero-order valence-electron chi connectivity index (χ0n) is 19.6. The lowest BCUT2D eigenvalue weighted by atomic mass is 10.0. The highest BCUT2D eigenvalue weighted by atomic mass is 16.2. The SMILES string of the molecule is CC(=O)N[C@H](Cc1ccccc1)C(=O)N1N=C(c2ccccc2)NC(=O)[C@H]1c1c[nH]c2ccccc12. The summed E-state index contributed by atoms with van der Waals surface area (Å²) in [6, 6.07) is 24.2. The highest BCUT2D eigenvalue weighted by molar-refractivity contribution is 6.12. The molecule has 1 aliphatic heterocycles. The van der Waals surface area contributed by atoms with Crippen molar-refractivity contribution in [2.24, 2.45) is 5.10 Å². The Morgan fingerprint density at radius 2 is 1.64 bits per heavy atom. The molecule has 0 saturated carbocycles. The van der Waals surface area contributed by atoms with E-state index in [0.717, 1.165) is 16.5 Å². The molecule has 0 radical (unpaired) electrons. The Kier molecular flexibility index (Phi) is 6.32. The molecule has 0 fully saturated rings. The fourth-order valence-corrected chi connectivity index (χ4v) is 4.44. The number of amidine groups is 1. The summed E-state index contributed by atoms with van der Waals surface area (Å²) in [7, 11) is 0. The van der Waals surface area contributed by atoms with Gasteiger partial charge in [0.1, 0.15) is 6.04 Å². The van der Waals surface area contributed by atoms with Crippen LogP contribution < -0.4 is 10.6 Å². The zero-order chi connectivity index (χ0) is 25.1. The summed E-state index contributed by atoms with van der Waals surface area (Å²) in [5.41, 5.74) is 3.00. The van der Waals surface area contributed by atoms with Gasteiger partial charge in [0, 0.05) is 41.6 Å². The van der Waals surface area contributed by atoms with Crippen LogP contribution in [0.5, 0.6) is 0 Å². The highest BCUT2D eigenvalue weighted by Gasteiger charge is 2.40. The number of para-hydroxylation sites is 1. The minimum absolute atomic E-state index is 0.258. The number of hydrogen-bond donors (Lipinski definition) is 3. The molecule has 0 saturated heterocycles. The van der Waals surface area contributed by atoms with Gasteiger partial charge in [-0.3, -0.25) is 14.4 Å². The third-order valence-electron chi connectivity index (χ3n) is 6.09. The number of nitrogens with zero attached hydrogens (tertiary/aromatic N) is 2. The van der Waals surface area contributed by atoms with E-state index in [4.69, 9.17) is 0 Å². The van der Waals surface area contributed by atoms with Gasteiger partial charge in [-0.05, 0) is 11.6 Å². The molecule has 0 aliphatic carbocycles. The summed E-state index contributed by atoms with van der Waals surface area (Å²) >= 11 is 0. The fraction of sp³-hybridized carbons (Fsp3) is 0.143. The van der Waals surface area contributed by atoms with Gasteiger partial charge in [-0.15, -0.1) is 0 Å². The Hall–Kier alpha value is -4.72. The van der Waals surface area contributed by atoms with E-state index in [2.05, 4.69) is 20.7 Å². The molecule has 4 aromatic rings. The maximum absolute atomic E-state index is 14.0. The molecule has 2 heterocycles. The first-order chi connectivity index (χ1) is 17.5. The maximum Gasteiger partial charge on any atom is 0.266 e. The first-order valence-corrected chi connectivity index (χ1v) is 11.7. The van der Waals surface area contributed by atoms with Crippen LogP contribution in [-0.4, -0.2) is 39.6 Å². The van der Waals surface area contributed by atoms with Crippen molar-refractivity contribution in [3.8, 4) is 0 Å². The third-order valence-corrected chi connectivity index (χ3v) is 6.09. The van der Waals surface area contributed by atoms with Crippen LogP contribution in [0.4, 0.5) is 0 Å². The number of aromatic nitrogens is 1. The van der Waals surface area contributed by atoms with E-state index < -0.39 is 18.0 Å². The van der Waals surface area contributed by atoms with E-state index in [1.807, 2.05) is 84.9 Å². The normalized spacial score (nSPS) is 16.2. The van der Waals surface area contributed by atoms with Crippen molar-refractivity contribution in [2.75, 3.05) is 0 Å². The van der Waals surface area contributed by atoms with Crippen molar-refractivity contribution < 1.29 is 14.4 Å². The molecule has 8 heteroatoms. The number of benzene rings is 3. The molecule has 5 rings (SSSR count). The quantitative estimate of drug-likeness (QED) is 0.395. The number of hydrazone groups is 1. The Bertz CT molecular complexity index is 1450. The second-order valence-corrected chi connectivity index (χ2v) is 8.62. The van der Waals surface area contributed by atoms with Gasteiger partial charge in [0.25, 0.3) is 11.8 Å². The van der Waals surface area contributed by atoms with Crippen molar-refractivity contribution in [2.45, 2.75) is 25.4 Å². The first-order valence-electron chi connectivity index (χ1n) is 11.7. The van der Waals surface area contributed by atoms with Gasteiger partial charge in [0.15, 0.2) is 11.9 Å². The van der Waals surface area contributed by atoms with Crippen LogP contribution >= 0.6 is 0 Å². The van der Waals surface area contributed by atoms with Crippen LogP contribution in [0.1, 0.15) is 29.7 Å². The Balaban J connectivity index is 1.60. The first kappa shape index (κ1) is 23.0. The van der Waals surface area contributed by atoms with E-state index >= 15 is 0 Å². The molecule has 36 heavy (non-hydrogen) atoms. The zero-order valence-corrected chi connectivity index (χ0v) is 19.6. The van der Waals surface area contributed by atoms with E-state index in [0.29, 0.717) is 11.1 Å². The average Bonchev–Trinajstić information content (AvgIpc) is 3.32. The molecular weight excluding hydrogens is 454 g/mol. The molecular formula is C28H25N5O3. The molecule has 0 spiro atoms. The lowest BCUT2D eigenvalue weighted by Gasteiger charge is -2.34. The van der Waals surface area contributed by atoms with Gasteiger partial charge < -0.3 is 15.6 Å². The number of carbonyl (C=O) groups is 3. The molecule has 1 aliphatic rings. The summed E-state index contributed by atoms with van der Waals surface area (Å²) in [5.74, 6) is -0.941. The standard InChI is InChI=1S/C28H25N5O3/c1-18(34)30-24(16-19-10-4-2-5-11-19)28(36)33-25(22-17-29-23-15-9-8-14-21(22)23)27(35)31-26(32-33)20-12-6-3-7-13-20/h2-15,17,24-25,29H,16H2,1H3,(H,30,34)(H,31,32,35)/t24-,25-/m1/s1. The summed E-state index contributed by atoms with van der Waals surface area (Å²) in [4.78, 5) is 42.8. The monoisotopic (exact) mass is 479 g/mol. The lowest BCUT2D eigenvalue weighted by molar-refractivity contribution is -0.144. The molecule has 2 atom stereocenters. The largest absolute Gasteiger partial charge is 0.361 e. The van der Waals surface area contributed by atoms with Gasteiger partial charge >= 0.3 is 0 Å². The molecule has 3 aromatic carbocycles. The minimum atomic E-state index is -1.02. The van der Waals surface area contributed by atoms with Crippen LogP contribution in [0, 0.1) is 0 Å². The van der Waals surface area contributed by atoms with Crippen LogP contribution in [0.2, 0.25) is 0 Å². The van der Waals surface area contributed by atoms with Gasteiger partial charge in [-0.25, -0.2) is 5.01 Å². The predicted molar refractivity (Wildman–Crippen MR) is 137 cm³/mol. The fourth-order valence-electron chi connectivity index (χ4n) is 4.44. The second-order valence-electron chi connectivity index (χ2n) is 8.62. The number of carbonyl (C=O) groups excluding carboxylic acids is 3. The summed E-state index contributed by atoms with van der Waals surface area (Å²) in [5, 5.41) is 12.3. The predicted octanol–water partition coefficient (Wildman–Crippen LogP) is 3.28. The van der Waals surface area contributed by atoms with Crippen molar-refractivity contribution in [3.05, 3.63) is 108 Å². The molecule has 8 nitrogen and oxygen atoms in total. The minimum Gasteiger partial charge on any atom is -0.361 e. The van der Waals surface area contributed by atoms with Gasteiger partial charge in [-0.1, -0.05) is 78.9 Å².